The first-order valence-electron chi connectivity index (χ1n) is 33.3. The fourth-order valence-corrected chi connectivity index (χ4v) is 11.3. The van der Waals surface area contributed by atoms with Crippen LogP contribution in [0.1, 0.15) is 125 Å². The van der Waals surface area contributed by atoms with Gasteiger partial charge in [0.1, 0.15) is 31.1 Å². The number of carbonyl (C=O) groups is 6. The molecule has 0 unspecified atom stereocenters. The van der Waals surface area contributed by atoms with Crippen LogP contribution in [0.4, 0.5) is 19.7 Å². The molecule has 6 amide bonds. The van der Waals surface area contributed by atoms with Gasteiger partial charge in [0.2, 0.25) is 17.7 Å². The molecule has 7 rings (SSSR count). The molecular formula is C68H97FN8O19. The summed E-state index contributed by atoms with van der Waals surface area (Å²) in [4.78, 5) is 97.6. The third-order valence-corrected chi connectivity index (χ3v) is 16.7. The van der Waals surface area contributed by atoms with Crippen molar-refractivity contribution < 1.29 is 90.4 Å². The van der Waals surface area contributed by atoms with E-state index in [0.717, 1.165) is 18.6 Å². The summed E-state index contributed by atoms with van der Waals surface area (Å²) in [5.74, 6) is -2.57. The quantitative estimate of drug-likeness (QED) is 0.0189. The number of alkyl carbamates (subject to hydrolysis) is 1. The molecule has 0 fully saturated rings. The molecule has 4 heterocycles. The number of ether oxygens (including phenoxy) is 11. The van der Waals surface area contributed by atoms with Crippen molar-refractivity contribution >= 4 is 52.4 Å². The molecular weight excluding hydrogens is 1250 g/mol. The number of rotatable bonds is 45. The third-order valence-electron chi connectivity index (χ3n) is 16.7. The number of hydrogen-bond acceptors (Lipinski definition) is 20. The first-order valence-corrected chi connectivity index (χ1v) is 33.3. The largest absolute Gasteiger partial charge is 0.458 e. The Kier molecular flexibility index (Phi) is 31.1. The first-order chi connectivity index (χ1) is 46.3. The van der Waals surface area contributed by atoms with Crippen LogP contribution in [0.3, 0.4) is 0 Å². The monoisotopic (exact) mass is 1350 g/mol. The number of halogens is 1. The number of anilines is 1. The number of nitrogens with one attached hydrogen (secondary N) is 5. The van der Waals surface area contributed by atoms with Gasteiger partial charge in [-0.05, 0) is 104 Å². The predicted octanol–water partition coefficient (Wildman–Crippen LogP) is 5.43. The molecule has 530 valence electrons. The second-order valence-electron chi connectivity index (χ2n) is 24.4. The Hall–Kier alpha value is -7.25. The van der Waals surface area contributed by atoms with Gasteiger partial charge < -0.3 is 94.1 Å². The highest BCUT2D eigenvalue weighted by Gasteiger charge is 2.46. The normalized spacial score (nSPS) is 16.0. The molecule has 2 aliphatic heterocycles. The Morgan fingerprint density at radius 3 is 1.86 bits per heavy atom. The summed E-state index contributed by atoms with van der Waals surface area (Å²) in [5, 5.41) is 26.0. The van der Waals surface area contributed by atoms with Crippen molar-refractivity contribution in [2.24, 2.45) is 17.6 Å². The van der Waals surface area contributed by atoms with E-state index in [-0.39, 0.29) is 82.4 Å². The number of urea groups is 1. The Morgan fingerprint density at radius 1 is 0.740 bits per heavy atom. The molecule has 0 spiro atoms. The van der Waals surface area contributed by atoms with Crippen LogP contribution in [0.25, 0.3) is 22.3 Å². The molecule has 2 aromatic carbocycles. The minimum atomic E-state index is -2.05. The van der Waals surface area contributed by atoms with Crippen molar-refractivity contribution in [3.8, 4) is 11.4 Å². The van der Waals surface area contributed by atoms with Gasteiger partial charge in [0.25, 0.3) is 5.56 Å². The van der Waals surface area contributed by atoms with Crippen LogP contribution >= 0.6 is 0 Å². The van der Waals surface area contributed by atoms with E-state index >= 15 is 4.39 Å². The molecule has 28 heteroatoms. The zero-order valence-corrected chi connectivity index (χ0v) is 56.2. The molecule has 2 aromatic heterocycles. The molecule has 96 heavy (non-hydrogen) atoms. The highest BCUT2D eigenvalue weighted by Crippen LogP contribution is 2.46. The number of nitrogens with two attached hydrogens (primary N) is 1. The summed E-state index contributed by atoms with van der Waals surface area (Å²) in [6, 6.07) is 6.09. The van der Waals surface area contributed by atoms with Crippen LogP contribution in [0.5, 0.6) is 0 Å². The van der Waals surface area contributed by atoms with Gasteiger partial charge in [0.15, 0.2) is 5.60 Å². The number of unbranched alkanes of at least 4 members (excludes halogenated alkanes) is 1. The topological polar surface area (TPSA) is 345 Å². The summed E-state index contributed by atoms with van der Waals surface area (Å²) in [6.07, 6.45) is 2.06. The zero-order valence-electron chi connectivity index (χ0n) is 56.2. The zero-order chi connectivity index (χ0) is 69.0. The van der Waals surface area contributed by atoms with Gasteiger partial charge in [-0.2, -0.15) is 0 Å². The predicted molar refractivity (Wildman–Crippen MR) is 350 cm³/mol. The lowest BCUT2D eigenvalue weighted by atomic mass is 9.81. The van der Waals surface area contributed by atoms with E-state index in [2.05, 4.69) is 40.4 Å². The number of benzene rings is 2. The molecule has 1 aliphatic carbocycles. The minimum absolute atomic E-state index is 0.0323. The third kappa shape index (κ3) is 22.4. The molecule has 27 nitrogen and oxygen atoms in total. The van der Waals surface area contributed by atoms with Gasteiger partial charge in [0, 0.05) is 47.8 Å². The average Bonchev–Trinajstić information content (AvgIpc) is 1.49. The SMILES string of the molecule is CC[C@@]1(O)C(=O)OCc2c1cc1n(c2=O)Cc2c-1nc1cc(F)c(C)c3c1c2[C@@H](NC(=O)OCc1ccc(NC(=O)[C@H](CCCCNC(N)=O)NC(=O)[C@@H](NC(=O)CCOCCOCCOCCOCCOCCOCCOCCOCCOCCC(C)C)C(C)C)cc1)CC3. The molecule has 0 bridgehead atoms. The van der Waals surface area contributed by atoms with Crippen LogP contribution in [0.15, 0.2) is 41.2 Å². The Bertz CT molecular complexity index is 3280. The molecule has 8 N–H and O–H groups in total. The maximum Gasteiger partial charge on any atom is 0.407 e. The van der Waals surface area contributed by atoms with E-state index in [9.17, 15) is 38.7 Å². The van der Waals surface area contributed by atoms with Gasteiger partial charge in [0.05, 0.1) is 147 Å². The van der Waals surface area contributed by atoms with Crippen LogP contribution in [-0.4, -0.2) is 188 Å². The highest BCUT2D eigenvalue weighted by atomic mass is 19.1. The Balaban J connectivity index is 0.787. The lowest BCUT2D eigenvalue weighted by Gasteiger charge is -2.31. The summed E-state index contributed by atoms with van der Waals surface area (Å²) in [6.45, 7) is 18.8. The lowest BCUT2D eigenvalue weighted by molar-refractivity contribution is -0.172. The van der Waals surface area contributed by atoms with Crippen LogP contribution < -0.4 is 37.9 Å². The smallest absolute Gasteiger partial charge is 0.407 e. The number of amides is 6. The van der Waals surface area contributed by atoms with Crippen molar-refractivity contribution in [1.29, 1.82) is 0 Å². The summed E-state index contributed by atoms with van der Waals surface area (Å²) >= 11 is 0. The number of fused-ring (bicyclic) bond motifs is 5. The average molecular weight is 1350 g/mol. The number of cyclic esters (lactones) is 1. The van der Waals surface area contributed by atoms with Crippen molar-refractivity contribution in [2.45, 2.75) is 136 Å². The maximum absolute atomic E-state index is 15.5. The van der Waals surface area contributed by atoms with Gasteiger partial charge in [-0.1, -0.05) is 46.8 Å². The van der Waals surface area contributed by atoms with Crippen molar-refractivity contribution in [3.05, 3.63) is 91.5 Å². The second kappa shape index (κ2) is 39.2. The number of hydrogen-bond donors (Lipinski definition) is 7. The fourth-order valence-electron chi connectivity index (χ4n) is 11.3. The number of nitrogens with zero attached hydrogens (tertiary/aromatic N) is 2. The van der Waals surface area contributed by atoms with Gasteiger partial charge in [-0.3, -0.25) is 19.2 Å². The second-order valence-corrected chi connectivity index (χ2v) is 24.4. The number of esters is 1. The van der Waals surface area contributed by atoms with Crippen molar-refractivity contribution in [3.63, 3.8) is 0 Å². The van der Waals surface area contributed by atoms with Gasteiger partial charge in [-0.25, -0.2) is 23.8 Å². The molecule has 0 saturated heterocycles. The number of aryl methyl sites for hydroxylation is 1. The minimum Gasteiger partial charge on any atom is -0.458 e. The number of carbonyl (C=O) groups excluding carboxylic acids is 6. The maximum atomic E-state index is 15.5. The van der Waals surface area contributed by atoms with E-state index in [1.165, 1.54) is 10.6 Å². The van der Waals surface area contributed by atoms with Crippen LogP contribution in [0.2, 0.25) is 0 Å². The van der Waals surface area contributed by atoms with Crippen LogP contribution in [-0.2, 0) is 103 Å². The van der Waals surface area contributed by atoms with Gasteiger partial charge >= 0.3 is 18.1 Å². The first kappa shape index (κ1) is 76.1. The van der Waals surface area contributed by atoms with E-state index in [1.54, 1.807) is 58.0 Å². The molecule has 3 aliphatic rings. The molecule has 4 aromatic rings. The van der Waals surface area contributed by atoms with Crippen LogP contribution in [0, 0.1) is 24.6 Å². The number of pyridine rings is 2. The summed E-state index contributed by atoms with van der Waals surface area (Å²) < 4.78 is 77.7. The van der Waals surface area contributed by atoms with E-state index < -0.39 is 70.9 Å². The molecule has 4 atom stereocenters. The Morgan fingerprint density at radius 2 is 1.31 bits per heavy atom. The standard InChI is InChI=1S/C68H97FN8O19/c1-7-68(85)51-38-56-61-49(40-77(56)64(81)50(51)42-95-65(68)82)59-53(16-15-48-45(6)52(69)39-55(73-61)58(48)59)75-67(84)96-41-46-11-13-47(14-12-46)72-62(79)54(10-8-9-19-71-66(70)83)74-63(80)60(44(4)5)76-57(78)18-21-87-23-25-89-27-29-91-31-33-93-35-37-94-36-34-92-32-30-90-28-26-88-24-22-86-20-17-43(2)3/h11-14,38-39,43-44,53-54,60,85H,7-10,15-37,40-42H2,1-6H3,(H,72,79)(H,74,80)(H,75,84)(H,76,78)(H3,70,71,83)/t53-,54-,60-,68-/m0/s1. The molecule has 0 saturated carbocycles. The van der Waals surface area contributed by atoms with Crippen molar-refractivity contribution in [1.82, 2.24) is 30.8 Å². The summed E-state index contributed by atoms with van der Waals surface area (Å²) in [5.41, 5.74) is 7.50. The number of primary amides is 1. The lowest BCUT2D eigenvalue weighted by Crippen LogP contribution is -2.54. The summed E-state index contributed by atoms with van der Waals surface area (Å²) in [7, 11) is 0. The fraction of sp³-hybridized carbons (Fsp3) is 0.618. The number of aromatic nitrogens is 2. The Labute approximate surface area is 559 Å². The van der Waals surface area contributed by atoms with E-state index in [1.807, 2.05) is 0 Å². The van der Waals surface area contributed by atoms with Gasteiger partial charge in [-0.15, -0.1) is 0 Å². The van der Waals surface area contributed by atoms with Crippen molar-refractivity contribution in [2.75, 3.05) is 131 Å². The van der Waals surface area contributed by atoms with E-state index in [0.29, 0.717) is 174 Å². The van der Waals surface area contributed by atoms with E-state index in [4.69, 9.17) is 62.8 Å². The number of aliphatic hydroxyl groups is 1. The molecule has 0 radical (unpaired) electrons. The highest BCUT2D eigenvalue weighted by molar-refractivity contribution is 5.99.